The van der Waals surface area contributed by atoms with E-state index in [-0.39, 0.29) is 24.5 Å². The number of alkyl halides is 2. The second-order valence-electron chi connectivity index (χ2n) is 8.23. The number of rotatable bonds is 5. The Hall–Kier alpha value is -2.76. The van der Waals surface area contributed by atoms with E-state index in [1.54, 1.807) is 4.90 Å². The molecule has 0 N–H and O–H groups in total. The fourth-order valence-electron chi connectivity index (χ4n) is 4.19. The molecule has 2 heterocycles. The molecule has 0 radical (unpaired) electrons. The lowest BCUT2D eigenvalue weighted by atomic mass is 9.97. The Bertz CT molecular complexity index is 1140. The highest BCUT2D eigenvalue weighted by Gasteiger charge is 2.37. The van der Waals surface area contributed by atoms with E-state index in [1.165, 1.54) is 4.90 Å². The standard InChI is InChI=1S/C25H25Cl2N3O2/c1-16(2)29(25(32)24(26)27)15-22(31)30-20-8-5-4-7-19(20)28-14-6-9-21(28)23(30)18-12-10-17(3)11-13-18/h4-14,16,23-24H,15H2,1-3H3. The third-order valence-electron chi connectivity index (χ3n) is 5.78. The van der Waals surface area contributed by atoms with Crippen LogP contribution in [0.2, 0.25) is 0 Å². The number of amides is 2. The molecule has 0 spiro atoms. The second-order valence-corrected chi connectivity index (χ2v) is 9.33. The highest BCUT2D eigenvalue weighted by molar-refractivity contribution is 6.53. The summed E-state index contributed by atoms with van der Waals surface area (Å²) in [6.07, 6.45) is 2.01. The van der Waals surface area contributed by atoms with Gasteiger partial charge in [-0.25, -0.2) is 0 Å². The van der Waals surface area contributed by atoms with Gasteiger partial charge in [0.1, 0.15) is 12.6 Å². The van der Waals surface area contributed by atoms with Gasteiger partial charge in [-0.2, -0.15) is 0 Å². The summed E-state index contributed by atoms with van der Waals surface area (Å²) < 4.78 is 2.11. The maximum atomic E-state index is 13.8. The number of carbonyl (C=O) groups is 2. The van der Waals surface area contributed by atoms with Crippen LogP contribution in [0.1, 0.15) is 36.7 Å². The van der Waals surface area contributed by atoms with Gasteiger partial charge in [0.25, 0.3) is 5.91 Å². The van der Waals surface area contributed by atoms with Crippen molar-refractivity contribution in [3.05, 3.63) is 83.7 Å². The first-order chi connectivity index (χ1) is 15.3. The van der Waals surface area contributed by atoms with Crippen LogP contribution in [-0.2, 0) is 9.59 Å². The molecule has 1 atom stereocenters. The summed E-state index contributed by atoms with van der Waals surface area (Å²) in [4.78, 5) is 28.4. The normalized spacial score (nSPS) is 15.0. The third-order valence-corrected chi connectivity index (χ3v) is 6.15. The Morgan fingerprint density at radius 1 is 0.969 bits per heavy atom. The minimum absolute atomic E-state index is 0.121. The van der Waals surface area contributed by atoms with Crippen LogP contribution in [-0.4, -0.2) is 38.7 Å². The van der Waals surface area contributed by atoms with Gasteiger partial charge in [0.05, 0.1) is 17.1 Å². The molecule has 2 amide bonds. The average Bonchev–Trinajstić information content (AvgIpc) is 3.26. The van der Waals surface area contributed by atoms with Gasteiger partial charge in [0.2, 0.25) is 5.91 Å². The van der Waals surface area contributed by atoms with Crippen molar-refractivity contribution in [3.63, 3.8) is 0 Å². The van der Waals surface area contributed by atoms with Gasteiger partial charge in [-0.15, -0.1) is 0 Å². The molecule has 1 aromatic heterocycles. The molecule has 2 aromatic carbocycles. The zero-order chi connectivity index (χ0) is 23.0. The van der Waals surface area contributed by atoms with Gasteiger partial charge in [-0.05, 0) is 50.6 Å². The Balaban J connectivity index is 1.82. The van der Waals surface area contributed by atoms with E-state index in [4.69, 9.17) is 23.2 Å². The number of benzene rings is 2. The monoisotopic (exact) mass is 469 g/mol. The first-order valence-electron chi connectivity index (χ1n) is 10.5. The molecule has 7 heteroatoms. The SMILES string of the molecule is Cc1ccc(C2c3cccn3-c3ccccc3N2C(=O)CN(C(=O)C(Cl)Cl)C(C)C)cc1. The highest BCUT2D eigenvalue weighted by Crippen LogP contribution is 2.42. The van der Waals surface area contributed by atoms with E-state index in [0.29, 0.717) is 0 Å². The second kappa shape index (κ2) is 9.00. The largest absolute Gasteiger partial charge is 0.329 e. The average molecular weight is 470 g/mol. The van der Waals surface area contributed by atoms with Crippen LogP contribution in [0.4, 0.5) is 5.69 Å². The van der Waals surface area contributed by atoms with Gasteiger partial charge < -0.3 is 9.47 Å². The topological polar surface area (TPSA) is 45.6 Å². The molecule has 32 heavy (non-hydrogen) atoms. The number of hydrogen-bond acceptors (Lipinski definition) is 2. The summed E-state index contributed by atoms with van der Waals surface area (Å²) in [5.74, 6) is -0.677. The maximum Gasteiger partial charge on any atom is 0.256 e. The number of para-hydroxylation sites is 2. The summed E-state index contributed by atoms with van der Waals surface area (Å²) in [6, 6.07) is 19.4. The maximum absolute atomic E-state index is 13.8. The zero-order valence-corrected chi connectivity index (χ0v) is 19.7. The molecule has 0 saturated heterocycles. The number of hydrogen-bond donors (Lipinski definition) is 0. The third kappa shape index (κ3) is 4.03. The Morgan fingerprint density at radius 2 is 1.62 bits per heavy atom. The van der Waals surface area contributed by atoms with Crippen LogP contribution >= 0.6 is 23.2 Å². The van der Waals surface area contributed by atoms with Crippen molar-refractivity contribution in [1.29, 1.82) is 0 Å². The van der Waals surface area contributed by atoms with Crippen molar-refractivity contribution in [2.75, 3.05) is 11.4 Å². The predicted octanol–water partition coefficient (Wildman–Crippen LogP) is 5.26. The number of anilines is 1. The fourth-order valence-corrected chi connectivity index (χ4v) is 4.44. The summed E-state index contributed by atoms with van der Waals surface area (Å²) in [5.41, 5.74) is 4.82. The lowest BCUT2D eigenvalue weighted by molar-refractivity contribution is -0.135. The van der Waals surface area contributed by atoms with E-state index in [1.807, 2.05) is 87.6 Å². The van der Waals surface area contributed by atoms with Gasteiger partial charge in [0, 0.05) is 12.2 Å². The summed E-state index contributed by atoms with van der Waals surface area (Å²) >= 11 is 11.7. The van der Waals surface area contributed by atoms with E-state index in [0.717, 1.165) is 28.2 Å². The molecule has 5 nitrogen and oxygen atoms in total. The first-order valence-corrected chi connectivity index (χ1v) is 11.4. The van der Waals surface area contributed by atoms with Crippen LogP contribution in [0.15, 0.2) is 66.9 Å². The Labute approximate surface area is 198 Å². The Morgan fingerprint density at radius 3 is 2.25 bits per heavy atom. The number of fused-ring (bicyclic) bond motifs is 3. The van der Waals surface area contributed by atoms with Crippen molar-refractivity contribution in [2.45, 2.75) is 37.7 Å². The van der Waals surface area contributed by atoms with Crippen molar-refractivity contribution in [1.82, 2.24) is 9.47 Å². The van der Waals surface area contributed by atoms with Gasteiger partial charge in [-0.1, -0.05) is 65.2 Å². The molecular weight excluding hydrogens is 445 g/mol. The van der Waals surface area contributed by atoms with Crippen LogP contribution in [0, 0.1) is 6.92 Å². The van der Waals surface area contributed by atoms with E-state index in [9.17, 15) is 9.59 Å². The number of aryl methyl sites for hydroxylation is 1. The molecule has 1 aliphatic heterocycles. The van der Waals surface area contributed by atoms with Crippen molar-refractivity contribution in [2.24, 2.45) is 0 Å². The molecule has 1 unspecified atom stereocenters. The number of nitrogens with zero attached hydrogens (tertiary/aromatic N) is 3. The van der Waals surface area contributed by atoms with Crippen LogP contribution in [0.3, 0.4) is 0 Å². The number of aromatic nitrogens is 1. The smallest absolute Gasteiger partial charge is 0.256 e. The Kier molecular flexibility index (Phi) is 6.31. The van der Waals surface area contributed by atoms with E-state index in [2.05, 4.69) is 4.57 Å². The van der Waals surface area contributed by atoms with Crippen LogP contribution < -0.4 is 4.90 Å². The fraction of sp³-hybridized carbons (Fsp3) is 0.280. The minimum Gasteiger partial charge on any atom is -0.329 e. The first kappa shape index (κ1) is 22.4. The van der Waals surface area contributed by atoms with Crippen molar-refractivity contribution < 1.29 is 9.59 Å². The predicted molar refractivity (Wildman–Crippen MR) is 129 cm³/mol. The molecule has 0 fully saturated rings. The lowest BCUT2D eigenvalue weighted by Gasteiger charge is -2.40. The number of halogens is 2. The lowest BCUT2D eigenvalue weighted by Crippen LogP contribution is -2.49. The van der Waals surface area contributed by atoms with Crippen LogP contribution in [0.5, 0.6) is 0 Å². The molecule has 3 aromatic rings. The molecule has 0 aliphatic carbocycles. The summed E-state index contributed by atoms with van der Waals surface area (Å²) in [5, 5.41) is 0. The van der Waals surface area contributed by atoms with E-state index >= 15 is 0 Å². The van der Waals surface area contributed by atoms with Crippen LogP contribution in [0.25, 0.3) is 5.69 Å². The van der Waals surface area contributed by atoms with Gasteiger partial charge >= 0.3 is 0 Å². The van der Waals surface area contributed by atoms with Crippen molar-refractivity contribution >= 4 is 40.7 Å². The molecule has 0 saturated carbocycles. The minimum atomic E-state index is -1.22. The quantitative estimate of drug-likeness (QED) is 0.478. The van der Waals surface area contributed by atoms with Gasteiger partial charge in [-0.3, -0.25) is 14.5 Å². The summed E-state index contributed by atoms with van der Waals surface area (Å²) in [7, 11) is 0. The van der Waals surface area contributed by atoms with Gasteiger partial charge in [0.15, 0.2) is 4.84 Å². The van der Waals surface area contributed by atoms with E-state index < -0.39 is 10.7 Å². The van der Waals surface area contributed by atoms with Crippen molar-refractivity contribution in [3.8, 4) is 5.69 Å². The molecule has 166 valence electrons. The zero-order valence-electron chi connectivity index (χ0n) is 18.2. The molecule has 0 bridgehead atoms. The highest BCUT2D eigenvalue weighted by atomic mass is 35.5. The molecular formula is C25H25Cl2N3O2. The summed E-state index contributed by atoms with van der Waals surface area (Å²) in [6.45, 7) is 5.60. The molecule has 4 rings (SSSR count). The molecule has 1 aliphatic rings. The number of carbonyl (C=O) groups excluding carboxylic acids is 2.